The Hall–Kier alpha value is -1.20. The lowest BCUT2D eigenvalue weighted by Crippen LogP contribution is -2.41. The zero-order chi connectivity index (χ0) is 13.9. The molecule has 4 nitrogen and oxygen atoms in total. The molecule has 0 fully saturated rings. The Morgan fingerprint density at radius 1 is 1.44 bits per heavy atom. The third-order valence-electron chi connectivity index (χ3n) is 2.46. The van der Waals surface area contributed by atoms with E-state index in [0.29, 0.717) is 17.0 Å². The van der Waals surface area contributed by atoms with Crippen LogP contribution in [0.4, 0.5) is 0 Å². The number of aliphatic hydroxyl groups is 1. The molecule has 1 heterocycles. The van der Waals surface area contributed by atoms with Crippen LogP contribution in [0.25, 0.3) is 0 Å². The minimum Gasteiger partial charge on any atom is -0.389 e. The van der Waals surface area contributed by atoms with Crippen LogP contribution in [0.2, 0.25) is 0 Å². The standard InChI is InChI=1S/C13H19NO3S/c1-5-14(8-13(3,4)17)12(16)11-6-10(7-18-11)9(2)15/h6-7,17H,5,8H2,1-4H3. The number of likely N-dealkylation sites (N-methyl/N-ethyl adjacent to an activating group) is 1. The van der Waals surface area contributed by atoms with Gasteiger partial charge in [-0.15, -0.1) is 11.3 Å². The van der Waals surface area contributed by atoms with Gasteiger partial charge < -0.3 is 10.0 Å². The molecule has 0 aliphatic carbocycles. The van der Waals surface area contributed by atoms with Crippen LogP contribution >= 0.6 is 11.3 Å². The van der Waals surface area contributed by atoms with Crippen LogP contribution in [0.15, 0.2) is 11.4 Å². The molecule has 0 aliphatic heterocycles. The van der Waals surface area contributed by atoms with E-state index in [1.807, 2.05) is 6.92 Å². The maximum Gasteiger partial charge on any atom is 0.264 e. The zero-order valence-electron chi connectivity index (χ0n) is 11.2. The molecular formula is C13H19NO3S. The first-order chi connectivity index (χ1) is 8.24. The minimum atomic E-state index is -0.924. The molecule has 0 unspecified atom stereocenters. The summed E-state index contributed by atoms with van der Waals surface area (Å²) < 4.78 is 0. The Kier molecular flexibility index (Phi) is 4.65. The van der Waals surface area contributed by atoms with E-state index in [-0.39, 0.29) is 18.2 Å². The average Bonchev–Trinajstić information content (AvgIpc) is 2.72. The normalized spacial score (nSPS) is 11.4. The van der Waals surface area contributed by atoms with Gasteiger partial charge in [0.05, 0.1) is 10.5 Å². The molecule has 18 heavy (non-hydrogen) atoms. The molecular weight excluding hydrogens is 250 g/mol. The fraction of sp³-hybridized carbons (Fsp3) is 0.538. The van der Waals surface area contributed by atoms with Gasteiger partial charge >= 0.3 is 0 Å². The van der Waals surface area contributed by atoms with Crippen molar-refractivity contribution in [1.29, 1.82) is 0 Å². The van der Waals surface area contributed by atoms with E-state index in [4.69, 9.17) is 0 Å². The summed E-state index contributed by atoms with van der Waals surface area (Å²) in [4.78, 5) is 25.5. The molecule has 0 saturated carbocycles. The Morgan fingerprint density at radius 2 is 2.06 bits per heavy atom. The average molecular weight is 269 g/mol. The largest absolute Gasteiger partial charge is 0.389 e. The van der Waals surface area contributed by atoms with E-state index in [1.165, 1.54) is 18.3 Å². The van der Waals surface area contributed by atoms with Crippen molar-refractivity contribution in [3.8, 4) is 0 Å². The van der Waals surface area contributed by atoms with E-state index in [9.17, 15) is 14.7 Å². The smallest absolute Gasteiger partial charge is 0.264 e. The predicted octanol–water partition coefficient (Wildman–Crippen LogP) is 2.18. The molecule has 0 radical (unpaired) electrons. The highest BCUT2D eigenvalue weighted by Crippen LogP contribution is 2.18. The van der Waals surface area contributed by atoms with Crippen LogP contribution < -0.4 is 0 Å². The number of thiophene rings is 1. The molecule has 100 valence electrons. The van der Waals surface area contributed by atoms with E-state index < -0.39 is 5.60 Å². The molecule has 0 aromatic carbocycles. The van der Waals surface area contributed by atoms with Crippen molar-refractivity contribution in [2.45, 2.75) is 33.3 Å². The summed E-state index contributed by atoms with van der Waals surface area (Å²) in [6, 6.07) is 1.61. The molecule has 1 amide bonds. The summed E-state index contributed by atoms with van der Waals surface area (Å²) in [5, 5.41) is 11.5. The van der Waals surface area contributed by atoms with Gasteiger partial charge in [-0.1, -0.05) is 0 Å². The van der Waals surface area contributed by atoms with Crippen LogP contribution in [0.3, 0.4) is 0 Å². The van der Waals surface area contributed by atoms with Crippen LogP contribution in [0.1, 0.15) is 47.7 Å². The van der Waals surface area contributed by atoms with Gasteiger partial charge in [0, 0.05) is 24.0 Å². The van der Waals surface area contributed by atoms with Crippen LogP contribution in [-0.2, 0) is 0 Å². The quantitative estimate of drug-likeness (QED) is 0.834. The maximum atomic E-state index is 12.2. The molecule has 1 rings (SSSR count). The molecule has 1 aromatic rings. The highest BCUT2D eigenvalue weighted by Gasteiger charge is 2.23. The first-order valence-electron chi connectivity index (χ1n) is 5.85. The zero-order valence-corrected chi connectivity index (χ0v) is 12.0. The number of hydrogen-bond acceptors (Lipinski definition) is 4. The van der Waals surface area contributed by atoms with Gasteiger partial charge in [0.1, 0.15) is 0 Å². The molecule has 0 atom stereocenters. The topological polar surface area (TPSA) is 57.6 Å². The lowest BCUT2D eigenvalue weighted by molar-refractivity contribution is 0.0317. The molecule has 0 saturated heterocycles. The fourth-order valence-electron chi connectivity index (χ4n) is 1.58. The number of carbonyl (C=O) groups is 2. The second kappa shape index (κ2) is 5.63. The number of nitrogens with zero attached hydrogens (tertiary/aromatic N) is 1. The highest BCUT2D eigenvalue weighted by molar-refractivity contribution is 7.12. The van der Waals surface area contributed by atoms with Crippen molar-refractivity contribution in [2.24, 2.45) is 0 Å². The Labute approximate surface area is 111 Å². The summed E-state index contributed by atoms with van der Waals surface area (Å²) in [7, 11) is 0. The Morgan fingerprint density at radius 3 is 2.44 bits per heavy atom. The lowest BCUT2D eigenvalue weighted by Gasteiger charge is -2.27. The summed E-state index contributed by atoms with van der Waals surface area (Å²) in [6.07, 6.45) is 0. The third kappa shape index (κ3) is 3.92. The molecule has 5 heteroatoms. The van der Waals surface area contributed by atoms with Gasteiger partial charge in [0.25, 0.3) is 5.91 Å². The summed E-state index contributed by atoms with van der Waals surface area (Å²) in [5.74, 6) is -0.187. The van der Waals surface area contributed by atoms with Gasteiger partial charge in [-0.2, -0.15) is 0 Å². The van der Waals surface area contributed by atoms with Crippen molar-refractivity contribution in [3.05, 3.63) is 21.9 Å². The predicted molar refractivity (Wildman–Crippen MR) is 72.2 cm³/mol. The molecule has 0 spiro atoms. The second-order valence-electron chi connectivity index (χ2n) is 4.89. The Balaban J connectivity index is 2.86. The van der Waals surface area contributed by atoms with Crippen LogP contribution in [0.5, 0.6) is 0 Å². The minimum absolute atomic E-state index is 0.0455. The number of ketones is 1. The number of amides is 1. The van der Waals surface area contributed by atoms with Crippen molar-refractivity contribution in [1.82, 2.24) is 4.90 Å². The van der Waals surface area contributed by atoms with Gasteiger partial charge in [-0.05, 0) is 33.8 Å². The number of hydrogen-bond donors (Lipinski definition) is 1. The molecule has 1 aromatic heterocycles. The van der Waals surface area contributed by atoms with Crippen molar-refractivity contribution in [3.63, 3.8) is 0 Å². The van der Waals surface area contributed by atoms with Gasteiger partial charge in [-0.25, -0.2) is 0 Å². The SMILES string of the molecule is CCN(CC(C)(C)O)C(=O)c1cc(C(C)=O)cs1. The first-order valence-corrected chi connectivity index (χ1v) is 6.73. The van der Waals surface area contributed by atoms with Gasteiger partial charge in [0.2, 0.25) is 0 Å². The molecule has 0 bridgehead atoms. The van der Waals surface area contributed by atoms with Crippen molar-refractivity contribution >= 4 is 23.0 Å². The second-order valence-corrected chi connectivity index (χ2v) is 5.80. The first kappa shape index (κ1) is 14.9. The van der Waals surface area contributed by atoms with E-state index in [0.717, 1.165) is 0 Å². The lowest BCUT2D eigenvalue weighted by atomic mass is 10.1. The number of rotatable bonds is 5. The van der Waals surface area contributed by atoms with Crippen molar-refractivity contribution < 1.29 is 14.7 Å². The monoisotopic (exact) mass is 269 g/mol. The number of Topliss-reactive ketones (excluding diaryl/α,β-unsaturated/α-hetero) is 1. The summed E-state index contributed by atoms with van der Waals surface area (Å²) >= 11 is 1.26. The van der Waals surface area contributed by atoms with Gasteiger partial charge in [0.15, 0.2) is 5.78 Å². The summed E-state index contributed by atoms with van der Waals surface area (Å²) in [5.41, 5.74) is -0.366. The fourth-order valence-corrected chi connectivity index (χ4v) is 2.50. The van der Waals surface area contributed by atoms with Crippen LogP contribution in [0, 0.1) is 0 Å². The van der Waals surface area contributed by atoms with Crippen molar-refractivity contribution in [2.75, 3.05) is 13.1 Å². The highest BCUT2D eigenvalue weighted by atomic mass is 32.1. The third-order valence-corrected chi connectivity index (χ3v) is 3.38. The maximum absolute atomic E-state index is 12.2. The van der Waals surface area contributed by atoms with E-state index in [2.05, 4.69) is 0 Å². The van der Waals surface area contributed by atoms with E-state index >= 15 is 0 Å². The van der Waals surface area contributed by atoms with Gasteiger partial charge in [-0.3, -0.25) is 9.59 Å². The molecule has 1 N–H and O–H groups in total. The van der Waals surface area contributed by atoms with E-state index in [1.54, 1.807) is 30.2 Å². The number of carbonyl (C=O) groups excluding carboxylic acids is 2. The summed E-state index contributed by atoms with van der Waals surface area (Å²) in [6.45, 7) is 7.47. The van der Waals surface area contributed by atoms with Crippen LogP contribution in [-0.4, -0.2) is 40.4 Å². The molecule has 0 aliphatic rings. The Bertz CT molecular complexity index is 445.